The summed E-state index contributed by atoms with van der Waals surface area (Å²) in [5.41, 5.74) is 1.06. The molecule has 0 saturated carbocycles. The van der Waals surface area contributed by atoms with Gasteiger partial charge < -0.3 is 5.32 Å². The molecule has 0 amide bonds. The molecule has 0 aromatic carbocycles. The van der Waals surface area contributed by atoms with Crippen LogP contribution in [0.3, 0.4) is 0 Å². The summed E-state index contributed by atoms with van der Waals surface area (Å²) in [6, 6.07) is 2.19. The molecule has 0 aliphatic rings. The van der Waals surface area contributed by atoms with Crippen molar-refractivity contribution >= 4 is 38.7 Å². The van der Waals surface area contributed by atoms with E-state index in [9.17, 15) is 0 Å². The summed E-state index contributed by atoms with van der Waals surface area (Å²) in [5, 5.41) is 9.67. The summed E-state index contributed by atoms with van der Waals surface area (Å²) in [7, 11) is 0. The molecule has 1 unspecified atom stereocenters. The molecule has 0 radical (unpaired) electrons. The molecule has 1 atom stereocenters. The minimum Gasteiger partial charge on any atom is -0.361 e. The van der Waals surface area contributed by atoms with Crippen LogP contribution in [0.1, 0.15) is 23.7 Å². The number of thiazole rings is 1. The zero-order valence-corrected chi connectivity index (χ0v) is 11.7. The Labute approximate surface area is 113 Å². The van der Waals surface area contributed by atoms with Gasteiger partial charge in [-0.3, -0.25) is 0 Å². The normalized spacial score (nSPS) is 12.8. The monoisotopic (exact) mass is 276 g/mol. The Kier molecular flexibility index (Phi) is 2.97. The van der Waals surface area contributed by atoms with Crippen LogP contribution in [0, 0.1) is 6.92 Å². The van der Waals surface area contributed by atoms with Gasteiger partial charge in [0.2, 0.25) is 0 Å². The maximum atomic E-state index is 4.49. The maximum absolute atomic E-state index is 4.49. The Morgan fingerprint density at radius 1 is 1.28 bits per heavy atom. The van der Waals surface area contributed by atoms with Crippen LogP contribution in [0.15, 0.2) is 23.2 Å². The zero-order valence-electron chi connectivity index (χ0n) is 10.0. The van der Waals surface area contributed by atoms with Crippen LogP contribution < -0.4 is 5.32 Å². The van der Waals surface area contributed by atoms with Crippen LogP contribution in [0.5, 0.6) is 0 Å². The summed E-state index contributed by atoms with van der Waals surface area (Å²) in [5.74, 6) is 0.874. The van der Waals surface area contributed by atoms with Crippen LogP contribution in [-0.4, -0.2) is 15.0 Å². The third kappa shape index (κ3) is 2.09. The Bertz CT molecular complexity index is 673. The van der Waals surface area contributed by atoms with E-state index in [1.54, 1.807) is 29.0 Å². The first-order valence-corrected chi connectivity index (χ1v) is 7.37. The van der Waals surface area contributed by atoms with Gasteiger partial charge in [0.15, 0.2) is 0 Å². The largest absolute Gasteiger partial charge is 0.361 e. The highest BCUT2D eigenvalue weighted by atomic mass is 32.1. The van der Waals surface area contributed by atoms with Crippen molar-refractivity contribution < 1.29 is 0 Å². The van der Waals surface area contributed by atoms with Gasteiger partial charge in [0.1, 0.15) is 17.0 Å². The van der Waals surface area contributed by atoms with Gasteiger partial charge in [0, 0.05) is 5.38 Å². The van der Waals surface area contributed by atoms with E-state index < -0.39 is 0 Å². The summed E-state index contributed by atoms with van der Waals surface area (Å²) in [6.07, 6.45) is 1.60. The lowest BCUT2D eigenvalue weighted by atomic mass is 10.2. The van der Waals surface area contributed by atoms with Crippen LogP contribution >= 0.6 is 22.7 Å². The predicted octanol–water partition coefficient (Wildman–Crippen LogP) is 3.63. The Morgan fingerprint density at radius 3 is 2.94 bits per heavy atom. The van der Waals surface area contributed by atoms with E-state index in [1.807, 2.05) is 18.4 Å². The lowest BCUT2D eigenvalue weighted by Gasteiger charge is -2.12. The third-order valence-electron chi connectivity index (χ3n) is 2.70. The molecule has 0 fully saturated rings. The average molecular weight is 276 g/mol. The van der Waals surface area contributed by atoms with Gasteiger partial charge in [0.05, 0.1) is 22.1 Å². The molecule has 0 saturated heterocycles. The first-order chi connectivity index (χ1) is 8.74. The molecule has 0 spiro atoms. The molecule has 3 aromatic rings. The van der Waals surface area contributed by atoms with E-state index in [4.69, 9.17) is 0 Å². The molecule has 4 nitrogen and oxygen atoms in total. The molecule has 18 heavy (non-hydrogen) atoms. The summed E-state index contributed by atoms with van der Waals surface area (Å²) in [6.45, 7) is 4.11. The lowest BCUT2D eigenvalue weighted by molar-refractivity contribution is 0.839. The zero-order chi connectivity index (χ0) is 12.5. The van der Waals surface area contributed by atoms with Gasteiger partial charge in [-0.25, -0.2) is 15.0 Å². The van der Waals surface area contributed by atoms with Gasteiger partial charge in [0.25, 0.3) is 0 Å². The number of hydrogen-bond acceptors (Lipinski definition) is 6. The molecule has 3 rings (SSSR count). The van der Waals surface area contributed by atoms with Gasteiger partial charge in [-0.2, -0.15) is 0 Å². The highest BCUT2D eigenvalue weighted by molar-refractivity contribution is 7.16. The van der Waals surface area contributed by atoms with Gasteiger partial charge >= 0.3 is 0 Å². The van der Waals surface area contributed by atoms with E-state index in [1.165, 1.54) is 0 Å². The van der Waals surface area contributed by atoms with Crippen LogP contribution in [0.4, 0.5) is 5.82 Å². The second kappa shape index (κ2) is 4.62. The molecule has 0 bridgehead atoms. The number of fused-ring (bicyclic) bond motifs is 1. The first kappa shape index (κ1) is 11.6. The van der Waals surface area contributed by atoms with E-state index in [0.29, 0.717) is 0 Å². The second-order valence-corrected chi connectivity index (χ2v) is 5.98. The molecule has 3 heterocycles. The van der Waals surface area contributed by atoms with Crippen molar-refractivity contribution in [2.45, 2.75) is 19.9 Å². The topological polar surface area (TPSA) is 50.7 Å². The SMILES string of the molecule is Cc1nc(C(C)Nc2ncnc3sccc23)cs1. The fraction of sp³-hybridized carbons (Fsp3) is 0.250. The molecular formula is C12H12N4S2. The Hall–Kier alpha value is -1.53. The fourth-order valence-corrected chi connectivity index (χ4v) is 3.20. The number of aryl methyl sites for hydroxylation is 1. The number of aromatic nitrogens is 3. The molecule has 0 aliphatic carbocycles. The van der Waals surface area contributed by atoms with E-state index in [0.717, 1.165) is 26.7 Å². The van der Waals surface area contributed by atoms with Crippen molar-refractivity contribution in [3.05, 3.63) is 33.9 Å². The predicted molar refractivity (Wildman–Crippen MR) is 76.3 cm³/mol. The standard InChI is InChI=1S/C12H12N4S2/c1-7(10-5-18-8(2)16-10)15-11-9-3-4-17-12(9)14-6-13-11/h3-7H,1-2H3,(H,13,14,15). The fourth-order valence-electron chi connectivity index (χ4n) is 1.76. The quantitative estimate of drug-likeness (QED) is 0.793. The van der Waals surface area contributed by atoms with E-state index >= 15 is 0 Å². The van der Waals surface area contributed by atoms with Crippen LogP contribution in [0.2, 0.25) is 0 Å². The number of thiophene rings is 1. The van der Waals surface area contributed by atoms with Crippen LogP contribution in [-0.2, 0) is 0 Å². The van der Waals surface area contributed by atoms with Crippen molar-refractivity contribution in [3.63, 3.8) is 0 Å². The van der Waals surface area contributed by atoms with Crippen molar-refractivity contribution in [1.82, 2.24) is 15.0 Å². The highest BCUT2D eigenvalue weighted by Gasteiger charge is 2.11. The molecule has 92 valence electrons. The van der Waals surface area contributed by atoms with Gasteiger partial charge in [-0.15, -0.1) is 22.7 Å². The molecule has 6 heteroatoms. The average Bonchev–Trinajstić information content (AvgIpc) is 2.97. The van der Waals surface area contributed by atoms with Crippen molar-refractivity contribution in [2.75, 3.05) is 5.32 Å². The number of rotatable bonds is 3. The minimum atomic E-state index is 0.146. The number of anilines is 1. The van der Waals surface area contributed by atoms with Crippen LogP contribution in [0.25, 0.3) is 10.2 Å². The molecule has 0 aliphatic heterocycles. The Balaban J connectivity index is 1.90. The summed E-state index contributed by atoms with van der Waals surface area (Å²) >= 11 is 3.29. The number of nitrogens with zero attached hydrogens (tertiary/aromatic N) is 3. The van der Waals surface area contributed by atoms with Gasteiger partial charge in [-0.1, -0.05) is 0 Å². The smallest absolute Gasteiger partial charge is 0.138 e. The lowest BCUT2D eigenvalue weighted by Crippen LogP contribution is -2.08. The number of nitrogens with one attached hydrogen (secondary N) is 1. The molecule has 3 aromatic heterocycles. The van der Waals surface area contributed by atoms with Crippen molar-refractivity contribution in [2.24, 2.45) is 0 Å². The maximum Gasteiger partial charge on any atom is 0.138 e. The third-order valence-corrected chi connectivity index (χ3v) is 4.31. The summed E-state index contributed by atoms with van der Waals surface area (Å²) in [4.78, 5) is 14.0. The first-order valence-electron chi connectivity index (χ1n) is 5.61. The van der Waals surface area contributed by atoms with Crippen molar-refractivity contribution in [1.29, 1.82) is 0 Å². The summed E-state index contributed by atoms with van der Waals surface area (Å²) < 4.78 is 0. The van der Waals surface area contributed by atoms with E-state index in [-0.39, 0.29) is 6.04 Å². The van der Waals surface area contributed by atoms with Gasteiger partial charge in [-0.05, 0) is 25.3 Å². The molecule has 1 N–H and O–H groups in total. The minimum absolute atomic E-state index is 0.146. The Morgan fingerprint density at radius 2 is 2.17 bits per heavy atom. The molecular weight excluding hydrogens is 264 g/mol. The number of hydrogen-bond donors (Lipinski definition) is 1. The highest BCUT2D eigenvalue weighted by Crippen LogP contribution is 2.27. The second-order valence-electron chi connectivity index (χ2n) is 4.02. The van der Waals surface area contributed by atoms with E-state index in [2.05, 4.69) is 32.6 Å². The van der Waals surface area contributed by atoms with Crippen molar-refractivity contribution in [3.8, 4) is 0 Å².